The first-order valence-electron chi connectivity index (χ1n) is 7.16. The Balaban J connectivity index is 1.82. The molecule has 1 atom stereocenters. The van der Waals surface area contributed by atoms with Crippen LogP contribution < -0.4 is 9.80 Å². The van der Waals surface area contributed by atoms with E-state index in [0.717, 1.165) is 19.6 Å². The van der Waals surface area contributed by atoms with E-state index < -0.39 is 0 Å². The number of rotatable bonds is 4. The van der Waals surface area contributed by atoms with Crippen molar-refractivity contribution >= 4 is 17.6 Å². The summed E-state index contributed by atoms with van der Waals surface area (Å²) in [5.41, 5.74) is 0.516. The highest BCUT2D eigenvalue weighted by Gasteiger charge is 2.23. The molecule has 1 saturated heterocycles. The molecule has 110 valence electrons. The fraction of sp³-hybridized carbons (Fsp3) is 0.533. The quantitative estimate of drug-likeness (QED) is 0.721. The molecule has 1 aromatic carbocycles. The zero-order valence-electron chi connectivity index (χ0n) is 12.1. The van der Waals surface area contributed by atoms with Gasteiger partial charge in [0.2, 0.25) is 0 Å². The molecule has 0 aromatic heterocycles. The number of ether oxygens (including phenoxy) is 1. The van der Waals surface area contributed by atoms with Gasteiger partial charge in [0.15, 0.2) is 0 Å². The van der Waals surface area contributed by atoms with Crippen LogP contribution in [-0.4, -0.2) is 51.8 Å². The molecule has 5 heteroatoms. The fourth-order valence-corrected chi connectivity index (χ4v) is 2.74. The minimum absolute atomic E-state index is 0.0742. The molecule has 20 heavy (non-hydrogen) atoms. The van der Waals surface area contributed by atoms with Crippen LogP contribution >= 0.6 is 11.6 Å². The van der Waals surface area contributed by atoms with Gasteiger partial charge in [0.1, 0.15) is 38.8 Å². The molecule has 1 heterocycles. The minimum Gasteiger partial charge on any atom is -0.453 e. The first-order valence-corrected chi connectivity index (χ1v) is 7.54. The lowest BCUT2D eigenvalue weighted by molar-refractivity contribution is -1.00. The standard InChI is InChI=1S/C15H21ClN2O2/c1-12(11-18-8-6-17(2)7-9-18)20-15(19)13-4-3-5-14(16)10-13/h3-5,10,12H,6-9,11H2,1-2H3/p+2/t12-/m0/s1. The van der Waals surface area contributed by atoms with Crippen molar-refractivity contribution in [2.24, 2.45) is 0 Å². The molecular weight excluding hydrogens is 276 g/mol. The summed E-state index contributed by atoms with van der Waals surface area (Å²) in [6.45, 7) is 7.49. The van der Waals surface area contributed by atoms with E-state index >= 15 is 0 Å². The Hall–Kier alpha value is -1.10. The molecule has 1 aliphatic heterocycles. The van der Waals surface area contributed by atoms with Gasteiger partial charge in [-0.3, -0.25) is 0 Å². The molecule has 0 aliphatic carbocycles. The van der Waals surface area contributed by atoms with Crippen molar-refractivity contribution in [2.45, 2.75) is 13.0 Å². The van der Waals surface area contributed by atoms with Crippen LogP contribution in [0, 0.1) is 0 Å². The monoisotopic (exact) mass is 298 g/mol. The minimum atomic E-state index is -0.292. The summed E-state index contributed by atoms with van der Waals surface area (Å²) in [5.74, 6) is -0.292. The smallest absolute Gasteiger partial charge is 0.338 e. The van der Waals surface area contributed by atoms with Crippen molar-refractivity contribution in [1.29, 1.82) is 0 Å². The first kappa shape index (κ1) is 15.3. The number of likely N-dealkylation sites (N-methyl/N-ethyl adjacent to an activating group) is 1. The largest absolute Gasteiger partial charge is 0.453 e. The third-order valence-corrected chi connectivity index (χ3v) is 3.99. The summed E-state index contributed by atoms with van der Waals surface area (Å²) in [6.07, 6.45) is -0.0742. The van der Waals surface area contributed by atoms with Crippen LogP contribution in [0.15, 0.2) is 24.3 Å². The fourth-order valence-electron chi connectivity index (χ4n) is 2.55. The number of esters is 1. The molecule has 1 aliphatic rings. The first-order chi connectivity index (χ1) is 9.54. The molecule has 0 radical (unpaired) electrons. The predicted molar refractivity (Wildman–Crippen MR) is 78.5 cm³/mol. The number of hydrogen-bond acceptors (Lipinski definition) is 2. The Labute approximate surface area is 125 Å². The van der Waals surface area contributed by atoms with Gasteiger partial charge in [0.25, 0.3) is 0 Å². The number of nitrogens with one attached hydrogen (secondary N) is 2. The predicted octanol–water partition coefficient (Wildman–Crippen LogP) is -0.701. The lowest BCUT2D eigenvalue weighted by Gasteiger charge is -2.28. The van der Waals surface area contributed by atoms with Gasteiger partial charge in [0.05, 0.1) is 12.6 Å². The molecule has 0 spiro atoms. The van der Waals surface area contributed by atoms with Crippen molar-refractivity contribution < 1.29 is 19.3 Å². The van der Waals surface area contributed by atoms with Gasteiger partial charge in [-0.05, 0) is 25.1 Å². The average molecular weight is 299 g/mol. The number of carbonyl (C=O) groups excluding carboxylic acids is 1. The van der Waals surface area contributed by atoms with Gasteiger partial charge in [-0.1, -0.05) is 17.7 Å². The van der Waals surface area contributed by atoms with E-state index in [-0.39, 0.29) is 12.1 Å². The van der Waals surface area contributed by atoms with Gasteiger partial charge < -0.3 is 14.5 Å². The Bertz CT molecular complexity index is 459. The van der Waals surface area contributed by atoms with Gasteiger partial charge in [-0.15, -0.1) is 0 Å². The van der Waals surface area contributed by atoms with Crippen molar-refractivity contribution in [3.63, 3.8) is 0 Å². The number of quaternary nitrogens is 2. The second-order valence-corrected chi connectivity index (χ2v) is 6.07. The number of hydrogen-bond donors (Lipinski definition) is 2. The zero-order chi connectivity index (χ0) is 14.5. The Kier molecular flexibility index (Phi) is 5.40. The van der Waals surface area contributed by atoms with Gasteiger partial charge in [-0.2, -0.15) is 0 Å². The molecule has 1 aromatic rings. The van der Waals surface area contributed by atoms with Crippen LogP contribution in [0.25, 0.3) is 0 Å². The molecule has 0 bridgehead atoms. The molecule has 0 saturated carbocycles. The number of carbonyl (C=O) groups is 1. The van der Waals surface area contributed by atoms with Crippen LogP contribution in [-0.2, 0) is 4.74 Å². The normalized spacial score (nSPS) is 24.1. The van der Waals surface area contributed by atoms with Crippen LogP contribution in [0.4, 0.5) is 0 Å². The summed E-state index contributed by atoms with van der Waals surface area (Å²) < 4.78 is 5.50. The molecule has 0 unspecified atom stereocenters. The van der Waals surface area contributed by atoms with Crippen LogP contribution in [0.5, 0.6) is 0 Å². The van der Waals surface area contributed by atoms with Gasteiger partial charge in [-0.25, -0.2) is 4.79 Å². The summed E-state index contributed by atoms with van der Waals surface area (Å²) in [4.78, 5) is 15.1. The number of benzene rings is 1. The zero-order valence-corrected chi connectivity index (χ0v) is 12.9. The van der Waals surface area contributed by atoms with E-state index in [1.54, 1.807) is 29.2 Å². The summed E-state index contributed by atoms with van der Waals surface area (Å²) in [6, 6.07) is 6.88. The molecule has 2 N–H and O–H groups in total. The second kappa shape index (κ2) is 7.07. The Morgan fingerprint density at radius 1 is 1.35 bits per heavy atom. The van der Waals surface area contributed by atoms with E-state index in [0.29, 0.717) is 10.6 Å². The highest BCUT2D eigenvalue weighted by Crippen LogP contribution is 2.12. The van der Waals surface area contributed by atoms with E-state index in [2.05, 4.69) is 7.05 Å². The summed E-state index contributed by atoms with van der Waals surface area (Å²) in [7, 11) is 2.22. The maximum Gasteiger partial charge on any atom is 0.338 e. The summed E-state index contributed by atoms with van der Waals surface area (Å²) >= 11 is 5.88. The van der Waals surface area contributed by atoms with Crippen molar-refractivity contribution in [2.75, 3.05) is 39.8 Å². The molecule has 0 amide bonds. The molecule has 1 fully saturated rings. The number of halogens is 1. The van der Waals surface area contributed by atoms with Gasteiger partial charge >= 0.3 is 5.97 Å². The van der Waals surface area contributed by atoms with Crippen LogP contribution in [0.2, 0.25) is 5.02 Å². The topological polar surface area (TPSA) is 35.2 Å². The van der Waals surface area contributed by atoms with E-state index in [4.69, 9.17) is 16.3 Å². The molecule has 2 rings (SSSR count). The highest BCUT2D eigenvalue weighted by molar-refractivity contribution is 6.30. The maximum absolute atomic E-state index is 12.0. The average Bonchev–Trinajstić information content (AvgIpc) is 2.41. The lowest BCUT2D eigenvalue weighted by atomic mass is 10.2. The van der Waals surface area contributed by atoms with Crippen molar-refractivity contribution in [3.8, 4) is 0 Å². The third kappa shape index (κ3) is 4.47. The summed E-state index contributed by atoms with van der Waals surface area (Å²) in [5, 5.41) is 0.555. The SMILES string of the molecule is C[C@@H](C[NH+]1CC[NH+](C)CC1)OC(=O)c1cccc(Cl)c1. The lowest BCUT2D eigenvalue weighted by Crippen LogP contribution is -3.27. The van der Waals surface area contributed by atoms with Crippen molar-refractivity contribution in [1.82, 2.24) is 0 Å². The third-order valence-electron chi connectivity index (χ3n) is 3.76. The highest BCUT2D eigenvalue weighted by atomic mass is 35.5. The second-order valence-electron chi connectivity index (χ2n) is 5.64. The Morgan fingerprint density at radius 2 is 2.05 bits per heavy atom. The van der Waals surface area contributed by atoms with Crippen LogP contribution in [0.3, 0.4) is 0 Å². The van der Waals surface area contributed by atoms with E-state index in [1.165, 1.54) is 18.0 Å². The van der Waals surface area contributed by atoms with Gasteiger partial charge in [0, 0.05) is 5.02 Å². The molecular formula is C15H23ClN2O2+2. The molecule has 4 nitrogen and oxygen atoms in total. The van der Waals surface area contributed by atoms with Crippen LogP contribution in [0.1, 0.15) is 17.3 Å². The Morgan fingerprint density at radius 3 is 2.70 bits per heavy atom. The van der Waals surface area contributed by atoms with E-state index in [9.17, 15) is 4.79 Å². The number of piperazine rings is 1. The maximum atomic E-state index is 12.0. The van der Waals surface area contributed by atoms with Crippen molar-refractivity contribution in [3.05, 3.63) is 34.9 Å². The van der Waals surface area contributed by atoms with E-state index in [1.807, 2.05) is 6.92 Å².